The number of benzene rings is 3. The number of ketones is 1. The molecule has 4 rings (SSSR count). The summed E-state index contributed by atoms with van der Waals surface area (Å²) in [6, 6.07) is 27.9. The van der Waals surface area contributed by atoms with E-state index in [-0.39, 0.29) is 18.8 Å². The third-order valence-corrected chi connectivity index (χ3v) is 8.79. The minimum atomic E-state index is -1.09. The number of hydrogen-bond donors (Lipinski definition) is 3. The van der Waals surface area contributed by atoms with Gasteiger partial charge in [0.1, 0.15) is 11.6 Å². The van der Waals surface area contributed by atoms with Gasteiger partial charge in [-0.3, -0.25) is 4.79 Å². The predicted octanol–water partition coefficient (Wildman–Crippen LogP) is 5.99. The standard InChI is InChI=1S/C35H41N3O4S/c1-3-13-29-23-37-33(43-29)35(36,21-27-16-9-5-10-17-27)22-31(39)30(20-26-14-7-4-8-15-26)32(40)25(2)38-34(41)42-24-28-18-11-6-12-19-28/h4-12,14-19,23,25,30-31,39H,3,13,20-22,24,36H2,1-2H3,(H,38,41)/t25-,30-,31-,35?/m0/s1. The number of aryl methyl sites for hydroxylation is 1. The summed E-state index contributed by atoms with van der Waals surface area (Å²) in [5.41, 5.74) is 8.90. The summed E-state index contributed by atoms with van der Waals surface area (Å²) in [6.45, 7) is 3.83. The van der Waals surface area contributed by atoms with Crippen LogP contribution in [0.1, 0.15) is 53.3 Å². The number of nitrogens with one attached hydrogen (secondary N) is 1. The third-order valence-electron chi connectivity index (χ3n) is 7.51. The SMILES string of the molecule is CCCc1cnc(C(N)(Cc2ccccc2)C[C@H](O)[C@H](Cc2ccccc2)C(=O)[C@H](C)NC(=O)OCc2ccccc2)s1. The molecule has 1 amide bonds. The number of aromatic nitrogens is 1. The van der Waals surface area contributed by atoms with Gasteiger partial charge in [-0.1, -0.05) is 104 Å². The van der Waals surface area contributed by atoms with Crippen molar-refractivity contribution in [1.29, 1.82) is 0 Å². The van der Waals surface area contributed by atoms with Gasteiger partial charge in [0, 0.05) is 17.0 Å². The smallest absolute Gasteiger partial charge is 0.408 e. The first-order valence-corrected chi connectivity index (χ1v) is 15.6. The minimum Gasteiger partial charge on any atom is -0.445 e. The Morgan fingerprint density at radius 1 is 0.953 bits per heavy atom. The van der Waals surface area contributed by atoms with Crippen LogP contribution in [0.4, 0.5) is 4.79 Å². The fourth-order valence-electron chi connectivity index (χ4n) is 5.24. The Bertz CT molecular complexity index is 1430. The van der Waals surface area contributed by atoms with Gasteiger partial charge >= 0.3 is 6.09 Å². The van der Waals surface area contributed by atoms with Crippen LogP contribution >= 0.6 is 11.3 Å². The van der Waals surface area contributed by atoms with E-state index in [1.165, 1.54) is 0 Å². The Kier molecular flexibility index (Phi) is 11.6. The lowest BCUT2D eigenvalue weighted by Crippen LogP contribution is -2.49. The molecule has 7 nitrogen and oxygen atoms in total. The van der Waals surface area contributed by atoms with Crippen LogP contribution in [0.2, 0.25) is 0 Å². The van der Waals surface area contributed by atoms with Crippen molar-refractivity contribution in [1.82, 2.24) is 10.3 Å². The molecule has 226 valence electrons. The molecular weight excluding hydrogens is 558 g/mol. The number of amides is 1. The number of ether oxygens (including phenoxy) is 1. The molecule has 0 aliphatic heterocycles. The van der Waals surface area contributed by atoms with Crippen LogP contribution in [0, 0.1) is 5.92 Å². The number of thiazole rings is 1. The van der Waals surface area contributed by atoms with Crippen LogP contribution in [-0.2, 0) is 40.9 Å². The summed E-state index contributed by atoms with van der Waals surface area (Å²) in [5.74, 6) is -1.11. The molecular formula is C35H41N3O4S. The first-order valence-electron chi connectivity index (χ1n) is 14.8. The summed E-state index contributed by atoms with van der Waals surface area (Å²) >= 11 is 1.56. The van der Waals surface area contributed by atoms with Crippen molar-refractivity contribution in [3.05, 3.63) is 124 Å². The molecule has 0 aliphatic rings. The normalized spacial score (nSPS) is 14.7. The van der Waals surface area contributed by atoms with Crippen molar-refractivity contribution < 1.29 is 19.4 Å². The highest BCUT2D eigenvalue weighted by atomic mass is 32.1. The van der Waals surface area contributed by atoms with E-state index in [9.17, 15) is 14.7 Å². The fraction of sp³-hybridized carbons (Fsp3) is 0.343. The largest absolute Gasteiger partial charge is 0.445 e. The van der Waals surface area contributed by atoms with Crippen LogP contribution < -0.4 is 11.1 Å². The molecule has 4 aromatic rings. The number of aliphatic hydroxyl groups is 1. The highest BCUT2D eigenvalue weighted by Crippen LogP contribution is 2.34. The molecule has 43 heavy (non-hydrogen) atoms. The molecule has 4 atom stereocenters. The molecule has 0 radical (unpaired) electrons. The minimum absolute atomic E-state index is 0.0899. The summed E-state index contributed by atoms with van der Waals surface area (Å²) < 4.78 is 5.34. The van der Waals surface area contributed by atoms with Gasteiger partial charge in [-0.15, -0.1) is 11.3 Å². The molecule has 0 aliphatic carbocycles. The number of carbonyl (C=O) groups excluding carboxylic acids is 2. The number of nitrogens with zero attached hydrogens (tertiary/aromatic N) is 1. The first kappa shape index (κ1) is 32.1. The second-order valence-electron chi connectivity index (χ2n) is 11.1. The summed E-state index contributed by atoms with van der Waals surface area (Å²) in [4.78, 5) is 32.3. The van der Waals surface area contributed by atoms with Crippen molar-refractivity contribution >= 4 is 23.2 Å². The molecule has 8 heteroatoms. The Morgan fingerprint density at radius 2 is 1.53 bits per heavy atom. The van der Waals surface area contributed by atoms with Gasteiger partial charge in [0.15, 0.2) is 5.78 Å². The van der Waals surface area contributed by atoms with Crippen LogP contribution in [0.3, 0.4) is 0 Å². The van der Waals surface area contributed by atoms with Crippen molar-refractivity contribution in [2.75, 3.05) is 0 Å². The highest BCUT2D eigenvalue weighted by Gasteiger charge is 2.39. The van der Waals surface area contributed by atoms with Gasteiger partial charge in [0.2, 0.25) is 0 Å². The Balaban J connectivity index is 1.55. The zero-order valence-corrected chi connectivity index (χ0v) is 25.6. The molecule has 4 N–H and O–H groups in total. The monoisotopic (exact) mass is 599 g/mol. The molecule has 1 aromatic heterocycles. The Hall–Kier alpha value is -3.85. The Morgan fingerprint density at radius 3 is 2.14 bits per heavy atom. The molecule has 1 unspecified atom stereocenters. The van der Waals surface area contributed by atoms with E-state index in [1.54, 1.807) is 18.3 Å². The topological polar surface area (TPSA) is 115 Å². The molecule has 0 bridgehead atoms. The number of alkyl carbamates (subject to hydrolysis) is 1. The van der Waals surface area contributed by atoms with E-state index in [4.69, 9.17) is 10.5 Å². The maximum atomic E-state index is 13.9. The first-order chi connectivity index (χ1) is 20.8. The number of Topliss-reactive ketones (excluding diaryl/α,β-unsaturated/α-hetero) is 1. The van der Waals surface area contributed by atoms with Crippen molar-refractivity contribution in [2.45, 2.75) is 70.2 Å². The van der Waals surface area contributed by atoms with E-state index < -0.39 is 29.7 Å². The van der Waals surface area contributed by atoms with Crippen molar-refractivity contribution in [3.8, 4) is 0 Å². The predicted molar refractivity (Wildman–Crippen MR) is 171 cm³/mol. The number of rotatable bonds is 15. The van der Waals surface area contributed by atoms with E-state index in [0.29, 0.717) is 12.8 Å². The molecule has 3 aromatic carbocycles. The number of hydrogen-bond acceptors (Lipinski definition) is 7. The van der Waals surface area contributed by atoms with Gasteiger partial charge in [-0.05, 0) is 49.3 Å². The molecule has 0 saturated heterocycles. The zero-order valence-electron chi connectivity index (χ0n) is 24.8. The second kappa shape index (κ2) is 15.6. The number of aliphatic hydroxyl groups excluding tert-OH is 1. The van der Waals surface area contributed by atoms with E-state index in [1.807, 2.05) is 97.2 Å². The van der Waals surface area contributed by atoms with Crippen molar-refractivity contribution in [3.63, 3.8) is 0 Å². The third kappa shape index (κ3) is 9.32. The molecule has 0 spiro atoms. The maximum Gasteiger partial charge on any atom is 0.408 e. The molecule has 0 saturated carbocycles. The lowest BCUT2D eigenvalue weighted by atomic mass is 9.79. The van der Waals surface area contributed by atoms with Crippen LogP contribution in [-0.4, -0.2) is 34.1 Å². The Labute approximate surface area is 258 Å². The summed E-state index contributed by atoms with van der Waals surface area (Å²) in [5, 5.41) is 15.2. The van der Waals surface area contributed by atoms with Gasteiger partial charge in [-0.25, -0.2) is 9.78 Å². The van der Waals surface area contributed by atoms with Gasteiger partial charge < -0.3 is 20.9 Å². The lowest BCUT2D eigenvalue weighted by Gasteiger charge is -2.33. The van der Waals surface area contributed by atoms with Crippen LogP contribution in [0.25, 0.3) is 0 Å². The van der Waals surface area contributed by atoms with Gasteiger partial charge in [0.05, 0.1) is 17.7 Å². The van der Waals surface area contributed by atoms with Gasteiger partial charge in [0.25, 0.3) is 0 Å². The van der Waals surface area contributed by atoms with Crippen molar-refractivity contribution in [2.24, 2.45) is 11.7 Å². The highest BCUT2D eigenvalue weighted by molar-refractivity contribution is 7.11. The fourth-order valence-corrected chi connectivity index (χ4v) is 6.36. The molecule has 1 heterocycles. The molecule has 0 fully saturated rings. The van der Waals surface area contributed by atoms with Crippen LogP contribution in [0.5, 0.6) is 0 Å². The van der Waals surface area contributed by atoms with E-state index in [2.05, 4.69) is 17.2 Å². The average molecular weight is 600 g/mol. The zero-order chi connectivity index (χ0) is 30.7. The maximum absolute atomic E-state index is 13.9. The van der Waals surface area contributed by atoms with E-state index >= 15 is 0 Å². The van der Waals surface area contributed by atoms with E-state index in [0.717, 1.165) is 39.4 Å². The van der Waals surface area contributed by atoms with Gasteiger partial charge in [-0.2, -0.15) is 0 Å². The summed E-state index contributed by atoms with van der Waals surface area (Å²) in [7, 11) is 0. The second-order valence-corrected chi connectivity index (χ2v) is 12.2. The number of carbonyl (C=O) groups is 2. The summed E-state index contributed by atoms with van der Waals surface area (Å²) in [6.07, 6.45) is 2.85. The lowest BCUT2D eigenvalue weighted by molar-refractivity contribution is -0.128. The number of nitrogens with two attached hydrogens (primary N) is 1. The average Bonchev–Trinajstić information content (AvgIpc) is 3.50. The van der Waals surface area contributed by atoms with Crippen LogP contribution in [0.15, 0.2) is 97.2 Å². The quantitative estimate of drug-likeness (QED) is 0.155.